The lowest BCUT2D eigenvalue weighted by Crippen LogP contribution is -2.43. The van der Waals surface area contributed by atoms with E-state index in [9.17, 15) is 9.67 Å². The van der Waals surface area contributed by atoms with E-state index in [0.29, 0.717) is 0 Å². The van der Waals surface area contributed by atoms with E-state index in [1.54, 1.807) is 0 Å². The molecule has 0 radical (unpaired) electrons. The van der Waals surface area contributed by atoms with E-state index < -0.39 is 28.4 Å². The predicted octanol–water partition coefficient (Wildman–Crippen LogP) is 1.52. The van der Waals surface area contributed by atoms with Gasteiger partial charge < -0.3 is 24.1 Å². The van der Waals surface area contributed by atoms with E-state index in [1.807, 2.05) is 0 Å². The van der Waals surface area contributed by atoms with Gasteiger partial charge in [-0.3, -0.25) is 4.57 Å². The Bertz CT molecular complexity index is 295. The van der Waals surface area contributed by atoms with Crippen molar-refractivity contribution in [3.63, 3.8) is 0 Å². The standard InChI is InChI=1S/C10H25O6PSi/c1-10(2,3)18(4,5)16-7-9(11)6-15-8-17(12,13)14/h9,11H,6-8H2,1-5H3,(H2,12,13,14). The lowest BCUT2D eigenvalue weighted by Gasteiger charge is -2.36. The van der Waals surface area contributed by atoms with Gasteiger partial charge in [0.05, 0.1) is 19.3 Å². The van der Waals surface area contributed by atoms with Gasteiger partial charge in [-0.15, -0.1) is 0 Å². The van der Waals surface area contributed by atoms with E-state index >= 15 is 0 Å². The SMILES string of the molecule is CC(C)(C)[Si](C)(C)OCC(O)COCP(=O)(O)O. The second kappa shape index (κ2) is 6.61. The minimum atomic E-state index is -4.17. The van der Waals surface area contributed by atoms with Crippen molar-refractivity contribution in [1.29, 1.82) is 0 Å². The fourth-order valence-electron chi connectivity index (χ4n) is 0.877. The lowest BCUT2D eigenvalue weighted by atomic mass is 10.2. The molecule has 0 spiro atoms. The molecule has 1 unspecified atom stereocenters. The van der Waals surface area contributed by atoms with E-state index in [2.05, 4.69) is 33.9 Å². The molecule has 0 aromatic heterocycles. The van der Waals surface area contributed by atoms with E-state index in [-0.39, 0.29) is 18.3 Å². The molecular formula is C10H25O6PSi. The van der Waals surface area contributed by atoms with Crippen LogP contribution in [0, 0.1) is 0 Å². The minimum absolute atomic E-state index is 0.0550. The lowest BCUT2D eigenvalue weighted by molar-refractivity contribution is 0.0192. The van der Waals surface area contributed by atoms with Gasteiger partial charge in [0.1, 0.15) is 6.35 Å². The van der Waals surface area contributed by atoms with Gasteiger partial charge in [0.15, 0.2) is 8.32 Å². The smallest absolute Gasteiger partial charge is 0.350 e. The highest BCUT2D eigenvalue weighted by Gasteiger charge is 2.37. The molecule has 0 aliphatic rings. The van der Waals surface area contributed by atoms with Crippen molar-refractivity contribution in [3.8, 4) is 0 Å². The van der Waals surface area contributed by atoms with Crippen LogP contribution in [0.25, 0.3) is 0 Å². The Balaban J connectivity index is 3.98. The zero-order valence-corrected chi connectivity index (χ0v) is 13.6. The summed E-state index contributed by atoms with van der Waals surface area (Å²) in [7, 11) is -6.08. The van der Waals surface area contributed by atoms with Gasteiger partial charge in [-0.1, -0.05) is 20.8 Å². The van der Waals surface area contributed by atoms with Crippen LogP contribution in [-0.4, -0.2) is 48.9 Å². The number of hydrogen-bond acceptors (Lipinski definition) is 4. The first-order valence-electron chi connectivity index (χ1n) is 5.79. The number of rotatable bonds is 7. The molecule has 0 saturated carbocycles. The van der Waals surface area contributed by atoms with Crippen LogP contribution in [0.15, 0.2) is 0 Å². The monoisotopic (exact) mass is 300 g/mol. The van der Waals surface area contributed by atoms with Crippen LogP contribution in [0.4, 0.5) is 0 Å². The van der Waals surface area contributed by atoms with Crippen molar-refractivity contribution in [2.75, 3.05) is 19.6 Å². The molecule has 0 aliphatic carbocycles. The van der Waals surface area contributed by atoms with Gasteiger partial charge in [-0.2, -0.15) is 0 Å². The van der Waals surface area contributed by atoms with E-state index in [1.165, 1.54) is 0 Å². The zero-order chi connectivity index (χ0) is 14.6. The van der Waals surface area contributed by atoms with Crippen LogP contribution in [-0.2, 0) is 13.7 Å². The Morgan fingerprint density at radius 1 is 1.22 bits per heavy atom. The molecule has 0 aromatic carbocycles. The maximum Gasteiger partial charge on any atom is 0.350 e. The Morgan fingerprint density at radius 2 is 1.72 bits per heavy atom. The largest absolute Gasteiger partial charge is 0.414 e. The summed E-state index contributed by atoms with van der Waals surface area (Å²) in [5.41, 5.74) is 0. The third-order valence-corrected chi connectivity index (χ3v) is 8.03. The second-order valence-electron chi connectivity index (χ2n) is 5.89. The van der Waals surface area contributed by atoms with Crippen LogP contribution in [0.1, 0.15) is 20.8 Å². The zero-order valence-electron chi connectivity index (χ0n) is 11.7. The highest BCUT2D eigenvalue weighted by atomic mass is 31.2. The van der Waals surface area contributed by atoms with Crippen LogP contribution in [0.2, 0.25) is 18.1 Å². The van der Waals surface area contributed by atoms with Crippen molar-refractivity contribution in [3.05, 3.63) is 0 Å². The van der Waals surface area contributed by atoms with Crippen molar-refractivity contribution >= 4 is 15.9 Å². The highest BCUT2D eigenvalue weighted by Crippen LogP contribution is 2.36. The topological polar surface area (TPSA) is 96.2 Å². The van der Waals surface area contributed by atoms with Crippen LogP contribution in [0.5, 0.6) is 0 Å². The molecule has 18 heavy (non-hydrogen) atoms. The summed E-state index contributed by atoms with van der Waals surface area (Å²) < 4.78 is 21.0. The molecule has 0 rings (SSSR count). The Labute approximate surface area is 110 Å². The van der Waals surface area contributed by atoms with Crippen LogP contribution < -0.4 is 0 Å². The first kappa shape index (κ1) is 18.2. The third kappa shape index (κ3) is 7.63. The summed E-state index contributed by atoms with van der Waals surface area (Å²) in [6.07, 6.45) is -1.55. The first-order valence-corrected chi connectivity index (χ1v) is 10.5. The average molecular weight is 300 g/mol. The molecule has 0 heterocycles. The van der Waals surface area contributed by atoms with Gasteiger partial charge in [0, 0.05) is 0 Å². The van der Waals surface area contributed by atoms with Gasteiger partial charge in [0.2, 0.25) is 0 Å². The second-order valence-corrected chi connectivity index (χ2v) is 12.3. The molecular weight excluding hydrogens is 275 g/mol. The fourth-order valence-corrected chi connectivity index (χ4v) is 2.26. The van der Waals surface area contributed by atoms with Gasteiger partial charge in [0.25, 0.3) is 0 Å². The van der Waals surface area contributed by atoms with Gasteiger partial charge >= 0.3 is 7.60 Å². The summed E-state index contributed by atoms with van der Waals surface area (Å²) in [6, 6.07) is 0. The third-order valence-electron chi connectivity index (χ3n) is 3.01. The number of ether oxygens (including phenoxy) is 1. The Kier molecular flexibility index (Phi) is 6.70. The molecule has 0 aromatic rings. The molecule has 6 nitrogen and oxygen atoms in total. The maximum absolute atomic E-state index is 10.5. The van der Waals surface area contributed by atoms with Gasteiger partial charge in [-0.25, -0.2) is 0 Å². The maximum atomic E-state index is 10.5. The summed E-state index contributed by atoms with van der Waals surface area (Å²) in [4.78, 5) is 17.2. The number of aliphatic hydroxyl groups excluding tert-OH is 1. The van der Waals surface area contributed by atoms with Crippen LogP contribution >= 0.6 is 7.60 Å². The quantitative estimate of drug-likeness (QED) is 0.487. The summed E-state index contributed by atoms with van der Waals surface area (Å²) >= 11 is 0. The highest BCUT2D eigenvalue weighted by molar-refractivity contribution is 7.51. The molecule has 8 heteroatoms. The van der Waals surface area contributed by atoms with Gasteiger partial charge in [-0.05, 0) is 18.1 Å². The van der Waals surface area contributed by atoms with Crippen molar-refractivity contribution in [2.24, 2.45) is 0 Å². The summed E-state index contributed by atoms with van der Waals surface area (Å²) in [5.74, 6) is 0. The predicted molar refractivity (Wildman–Crippen MR) is 72.0 cm³/mol. The number of hydrogen-bond donors (Lipinski definition) is 3. The Morgan fingerprint density at radius 3 is 2.11 bits per heavy atom. The van der Waals surface area contributed by atoms with Crippen molar-refractivity contribution < 1.29 is 28.6 Å². The molecule has 110 valence electrons. The molecule has 3 N–H and O–H groups in total. The molecule has 0 aliphatic heterocycles. The molecule has 0 saturated heterocycles. The summed E-state index contributed by atoms with van der Waals surface area (Å²) in [5, 5.41) is 9.65. The number of aliphatic hydroxyl groups is 1. The van der Waals surface area contributed by atoms with Crippen molar-refractivity contribution in [1.82, 2.24) is 0 Å². The van der Waals surface area contributed by atoms with E-state index in [0.717, 1.165) is 0 Å². The minimum Gasteiger partial charge on any atom is -0.414 e. The van der Waals surface area contributed by atoms with E-state index in [4.69, 9.17) is 18.9 Å². The van der Waals surface area contributed by atoms with Crippen LogP contribution in [0.3, 0.4) is 0 Å². The first-order chi connectivity index (χ1) is 7.85. The van der Waals surface area contributed by atoms with Crippen molar-refractivity contribution in [2.45, 2.75) is 45.0 Å². The normalized spacial score (nSPS) is 15.8. The summed E-state index contributed by atoms with van der Waals surface area (Å²) in [6.45, 7) is 10.4. The fraction of sp³-hybridized carbons (Fsp3) is 1.00. The molecule has 0 amide bonds. The average Bonchev–Trinajstić information content (AvgIpc) is 2.11. The molecule has 0 fully saturated rings. The Hall–Kier alpha value is 0.247. The molecule has 1 atom stereocenters. The molecule has 0 bridgehead atoms.